The van der Waals surface area contributed by atoms with Crippen molar-refractivity contribution < 1.29 is 31.0 Å². The predicted octanol–water partition coefficient (Wildman–Crippen LogP) is -0.433. The van der Waals surface area contributed by atoms with Crippen molar-refractivity contribution in [2.24, 2.45) is 0 Å². The Morgan fingerprint density at radius 3 is 2.35 bits per heavy atom. The standard InChI is InChI=1S/C13H16BrF2NO2.ClH/c14-9-5-11(15)13(12(16)6-9)19-8-10(18)7-17-3-1-2-4-17;/h5-6,10,18H,1-4,7-8H2;1H/p-1. The van der Waals surface area contributed by atoms with Crippen molar-refractivity contribution in [3.8, 4) is 5.75 Å². The van der Waals surface area contributed by atoms with Crippen LogP contribution in [0.15, 0.2) is 16.6 Å². The molecule has 2 rings (SSSR count). The van der Waals surface area contributed by atoms with Gasteiger partial charge in [0.1, 0.15) is 12.7 Å². The van der Waals surface area contributed by atoms with Crippen LogP contribution in [0.25, 0.3) is 0 Å². The Morgan fingerprint density at radius 1 is 1.25 bits per heavy atom. The van der Waals surface area contributed by atoms with Gasteiger partial charge in [0.15, 0.2) is 17.4 Å². The number of β-amino-alcohol motifs (C(OH)–C–C–N with tert-alkyl or cyclic N) is 1. The largest absolute Gasteiger partial charge is 1.00 e. The highest BCUT2D eigenvalue weighted by Crippen LogP contribution is 2.26. The summed E-state index contributed by atoms with van der Waals surface area (Å²) in [7, 11) is 0. The number of aliphatic hydroxyl groups is 1. The van der Waals surface area contributed by atoms with Crippen molar-refractivity contribution in [2.75, 3.05) is 26.2 Å². The summed E-state index contributed by atoms with van der Waals surface area (Å²) in [5.74, 6) is -2.00. The first-order valence-electron chi connectivity index (χ1n) is 6.24. The van der Waals surface area contributed by atoms with Crippen molar-refractivity contribution in [3.05, 3.63) is 28.2 Å². The minimum Gasteiger partial charge on any atom is -1.00 e. The third-order valence-corrected chi connectivity index (χ3v) is 3.51. The van der Waals surface area contributed by atoms with E-state index in [1.54, 1.807) is 0 Å². The summed E-state index contributed by atoms with van der Waals surface area (Å²) in [5.41, 5.74) is 0. The van der Waals surface area contributed by atoms with Gasteiger partial charge in [-0.2, -0.15) is 0 Å². The van der Waals surface area contributed by atoms with Gasteiger partial charge in [0.2, 0.25) is 0 Å². The number of rotatable bonds is 5. The Balaban J connectivity index is 0.00000200. The maximum atomic E-state index is 13.5. The first-order valence-corrected chi connectivity index (χ1v) is 7.03. The fourth-order valence-electron chi connectivity index (χ4n) is 2.16. The molecule has 1 aromatic rings. The lowest BCUT2D eigenvalue weighted by atomic mass is 10.3. The van der Waals surface area contributed by atoms with E-state index in [1.807, 2.05) is 0 Å². The van der Waals surface area contributed by atoms with Gasteiger partial charge in [-0.25, -0.2) is 8.78 Å². The molecule has 1 aliphatic heterocycles. The minimum atomic E-state index is -0.778. The second-order valence-corrected chi connectivity index (χ2v) is 5.59. The minimum absolute atomic E-state index is 0. The summed E-state index contributed by atoms with van der Waals surface area (Å²) in [6.07, 6.45) is 1.51. The molecule has 1 aromatic carbocycles. The van der Waals surface area contributed by atoms with Crippen LogP contribution in [-0.4, -0.2) is 42.4 Å². The van der Waals surface area contributed by atoms with E-state index in [2.05, 4.69) is 20.8 Å². The second kappa shape index (κ2) is 8.12. The van der Waals surface area contributed by atoms with Gasteiger partial charge in [0.25, 0.3) is 0 Å². The number of ether oxygens (including phenoxy) is 1. The van der Waals surface area contributed by atoms with E-state index in [4.69, 9.17) is 4.74 Å². The highest BCUT2D eigenvalue weighted by atomic mass is 79.9. The molecule has 0 aliphatic carbocycles. The Morgan fingerprint density at radius 2 is 1.80 bits per heavy atom. The predicted molar refractivity (Wildman–Crippen MR) is 71.2 cm³/mol. The monoisotopic (exact) mass is 370 g/mol. The average molecular weight is 372 g/mol. The Bertz CT molecular complexity index is 421. The summed E-state index contributed by atoms with van der Waals surface area (Å²) in [4.78, 5) is 2.11. The molecule has 0 spiro atoms. The van der Waals surface area contributed by atoms with E-state index in [9.17, 15) is 13.9 Å². The molecule has 20 heavy (non-hydrogen) atoms. The Hall–Kier alpha value is -0.430. The number of benzene rings is 1. The van der Waals surface area contributed by atoms with Crippen LogP contribution in [0, 0.1) is 11.6 Å². The first kappa shape index (κ1) is 17.6. The molecule has 1 unspecified atom stereocenters. The number of likely N-dealkylation sites (tertiary alicyclic amines) is 1. The zero-order valence-electron chi connectivity index (χ0n) is 10.8. The summed E-state index contributed by atoms with van der Waals surface area (Å²) >= 11 is 2.99. The van der Waals surface area contributed by atoms with Crippen LogP contribution >= 0.6 is 15.9 Å². The topological polar surface area (TPSA) is 32.7 Å². The smallest absolute Gasteiger partial charge is 0.190 e. The van der Waals surface area contributed by atoms with Crippen LogP contribution in [0.4, 0.5) is 8.78 Å². The van der Waals surface area contributed by atoms with Gasteiger partial charge in [-0.05, 0) is 38.1 Å². The number of aliphatic hydroxyl groups excluding tert-OH is 1. The van der Waals surface area contributed by atoms with Crippen LogP contribution in [-0.2, 0) is 0 Å². The molecule has 7 heteroatoms. The fourth-order valence-corrected chi connectivity index (χ4v) is 2.56. The van der Waals surface area contributed by atoms with Gasteiger partial charge in [0, 0.05) is 11.0 Å². The summed E-state index contributed by atoms with van der Waals surface area (Å²) < 4.78 is 32.3. The van der Waals surface area contributed by atoms with Gasteiger partial charge in [-0.15, -0.1) is 0 Å². The molecule has 1 heterocycles. The molecule has 0 radical (unpaired) electrons. The summed E-state index contributed by atoms with van der Waals surface area (Å²) in [6, 6.07) is 2.26. The van der Waals surface area contributed by atoms with Crippen molar-refractivity contribution in [2.45, 2.75) is 18.9 Å². The van der Waals surface area contributed by atoms with Crippen molar-refractivity contribution in [1.29, 1.82) is 0 Å². The Kier molecular flexibility index (Phi) is 7.15. The maximum absolute atomic E-state index is 13.5. The molecule has 0 aromatic heterocycles. The van der Waals surface area contributed by atoms with Crippen molar-refractivity contribution in [1.82, 2.24) is 4.90 Å². The van der Waals surface area contributed by atoms with Crippen LogP contribution in [0.2, 0.25) is 0 Å². The third kappa shape index (κ3) is 4.84. The van der Waals surface area contributed by atoms with E-state index in [1.165, 1.54) is 0 Å². The van der Waals surface area contributed by atoms with E-state index >= 15 is 0 Å². The van der Waals surface area contributed by atoms with E-state index in [-0.39, 0.29) is 19.0 Å². The van der Waals surface area contributed by atoms with E-state index in [0.717, 1.165) is 38.1 Å². The molecular weight excluding hydrogens is 356 g/mol. The van der Waals surface area contributed by atoms with Gasteiger partial charge < -0.3 is 27.2 Å². The van der Waals surface area contributed by atoms with Gasteiger partial charge >= 0.3 is 0 Å². The molecule has 0 amide bonds. The van der Waals surface area contributed by atoms with Crippen molar-refractivity contribution in [3.63, 3.8) is 0 Å². The summed E-state index contributed by atoms with van der Waals surface area (Å²) in [6.45, 7) is 2.27. The van der Waals surface area contributed by atoms with Crippen LogP contribution in [0.1, 0.15) is 12.8 Å². The SMILES string of the molecule is OC(COc1c(F)cc(Br)cc1F)CN1CCCC1.[Cl-]. The molecule has 3 nitrogen and oxygen atoms in total. The maximum Gasteiger partial charge on any atom is 0.190 e. The number of hydrogen-bond acceptors (Lipinski definition) is 3. The lowest BCUT2D eigenvalue weighted by Gasteiger charge is -2.19. The second-order valence-electron chi connectivity index (χ2n) is 4.67. The average Bonchev–Trinajstić information content (AvgIpc) is 2.80. The highest BCUT2D eigenvalue weighted by molar-refractivity contribution is 9.10. The molecule has 0 saturated carbocycles. The normalized spacial score (nSPS) is 16.8. The molecule has 1 aliphatic rings. The third-order valence-electron chi connectivity index (χ3n) is 3.05. The van der Waals surface area contributed by atoms with Crippen molar-refractivity contribution >= 4 is 15.9 Å². The number of hydrogen-bond donors (Lipinski definition) is 1. The quantitative estimate of drug-likeness (QED) is 0.762. The molecule has 1 N–H and O–H groups in total. The van der Waals surface area contributed by atoms with E-state index in [0.29, 0.717) is 11.0 Å². The molecular formula is C13H16BrClF2NO2-. The first-order chi connectivity index (χ1) is 9.06. The van der Waals surface area contributed by atoms with Gasteiger partial charge in [0.05, 0.1) is 0 Å². The molecule has 0 bridgehead atoms. The van der Waals surface area contributed by atoms with Crippen LogP contribution in [0.5, 0.6) is 5.75 Å². The molecule has 1 fully saturated rings. The number of nitrogens with zero attached hydrogens (tertiary/aromatic N) is 1. The Labute approximate surface area is 131 Å². The number of halogens is 4. The zero-order valence-corrected chi connectivity index (χ0v) is 13.1. The molecule has 1 atom stereocenters. The van der Waals surface area contributed by atoms with Crippen LogP contribution < -0.4 is 17.1 Å². The highest BCUT2D eigenvalue weighted by Gasteiger charge is 2.18. The molecule has 114 valence electrons. The van der Waals surface area contributed by atoms with Crippen LogP contribution in [0.3, 0.4) is 0 Å². The summed E-state index contributed by atoms with van der Waals surface area (Å²) in [5, 5.41) is 9.79. The van der Waals surface area contributed by atoms with Gasteiger partial charge in [-0.3, -0.25) is 0 Å². The zero-order chi connectivity index (χ0) is 13.8. The van der Waals surface area contributed by atoms with Gasteiger partial charge in [-0.1, -0.05) is 15.9 Å². The fraction of sp³-hybridized carbons (Fsp3) is 0.538. The molecule has 1 saturated heterocycles. The van der Waals surface area contributed by atoms with E-state index < -0.39 is 23.5 Å². The lowest BCUT2D eigenvalue weighted by molar-refractivity contribution is -0.00000745. The lowest BCUT2D eigenvalue weighted by Crippen LogP contribution is -3.00.